The lowest BCUT2D eigenvalue weighted by atomic mass is 9.96. The largest absolute Gasteiger partial charge is 0.313 e. The van der Waals surface area contributed by atoms with E-state index >= 15 is 0 Å². The molecule has 0 spiro atoms. The fourth-order valence-electron chi connectivity index (χ4n) is 2.62. The minimum absolute atomic E-state index is 0.155. The highest BCUT2D eigenvalue weighted by atomic mass is 19.1. The van der Waals surface area contributed by atoms with Crippen molar-refractivity contribution in [2.45, 2.75) is 39.2 Å². The molecular formula is C19H24FN. The van der Waals surface area contributed by atoms with Crippen molar-refractivity contribution in [3.8, 4) is 0 Å². The Labute approximate surface area is 127 Å². The lowest BCUT2D eigenvalue weighted by Gasteiger charge is -2.20. The SMILES string of the molecule is CCCNC(Cc1ccccc1)Cc1ccc(F)cc1C. The molecule has 2 aromatic rings. The lowest BCUT2D eigenvalue weighted by Crippen LogP contribution is -2.34. The van der Waals surface area contributed by atoms with Gasteiger partial charge in [-0.15, -0.1) is 0 Å². The smallest absolute Gasteiger partial charge is 0.123 e. The molecule has 1 unspecified atom stereocenters. The summed E-state index contributed by atoms with van der Waals surface area (Å²) in [5.41, 5.74) is 3.60. The molecule has 112 valence electrons. The molecule has 0 aliphatic carbocycles. The predicted molar refractivity (Wildman–Crippen MR) is 87.1 cm³/mol. The Bertz CT molecular complexity index is 551. The van der Waals surface area contributed by atoms with Crippen LogP contribution < -0.4 is 5.32 Å². The van der Waals surface area contributed by atoms with Gasteiger partial charge in [-0.2, -0.15) is 0 Å². The van der Waals surface area contributed by atoms with E-state index < -0.39 is 0 Å². The maximum absolute atomic E-state index is 13.2. The number of nitrogens with one attached hydrogen (secondary N) is 1. The number of halogens is 1. The van der Waals surface area contributed by atoms with E-state index in [0.717, 1.165) is 31.4 Å². The van der Waals surface area contributed by atoms with Crippen LogP contribution in [-0.2, 0) is 12.8 Å². The molecule has 0 fully saturated rings. The minimum atomic E-state index is -0.155. The van der Waals surface area contributed by atoms with Crippen LogP contribution in [0.2, 0.25) is 0 Å². The number of hydrogen-bond acceptors (Lipinski definition) is 1. The van der Waals surface area contributed by atoms with Crippen molar-refractivity contribution in [3.63, 3.8) is 0 Å². The van der Waals surface area contributed by atoms with Crippen LogP contribution in [0.5, 0.6) is 0 Å². The standard InChI is InChI=1S/C19H24FN/c1-3-11-21-19(13-16-7-5-4-6-8-16)14-17-9-10-18(20)12-15(17)2/h4-10,12,19,21H,3,11,13-14H2,1-2H3. The van der Waals surface area contributed by atoms with Crippen LogP contribution in [0.4, 0.5) is 4.39 Å². The fourth-order valence-corrected chi connectivity index (χ4v) is 2.62. The van der Waals surface area contributed by atoms with Crippen molar-refractivity contribution in [3.05, 3.63) is 71.0 Å². The van der Waals surface area contributed by atoms with Gasteiger partial charge < -0.3 is 5.32 Å². The van der Waals surface area contributed by atoms with E-state index in [-0.39, 0.29) is 5.82 Å². The highest BCUT2D eigenvalue weighted by molar-refractivity contribution is 5.28. The number of hydrogen-bond donors (Lipinski definition) is 1. The molecule has 21 heavy (non-hydrogen) atoms. The molecule has 2 heteroatoms. The van der Waals surface area contributed by atoms with Gasteiger partial charge in [0.25, 0.3) is 0 Å². The second kappa shape index (κ2) is 7.94. The van der Waals surface area contributed by atoms with E-state index in [9.17, 15) is 4.39 Å². The van der Waals surface area contributed by atoms with Crippen molar-refractivity contribution < 1.29 is 4.39 Å². The molecule has 1 N–H and O–H groups in total. The van der Waals surface area contributed by atoms with Crippen molar-refractivity contribution in [1.82, 2.24) is 5.32 Å². The number of benzene rings is 2. The van der Waals surface area contributed by atoms with Gasteiger partial charge in [0, 0.05) is 6.04 Å². The van der Waals surface area contributed by atoms with Gasteiger partial charge in [0.2, 0.25) is 0 Å². The summed E-state index contributed by atoms with van der Waals surface area (Å²) in [5.74, 6) is -0.155. The molecule has 0 aliphatic rings. The van der Waals surface area contributed by atoms with Gasteiger partial charge in [0.1, 0.15) is 5.82 Å². The third-order valence-corrected chi connectivity index (χ3v) is 3.78. The summed E-state index contributed by atoms with van der Waals surface area (Å²) >= 11 is 0. The molecule has 0 saturated heterocycles. The number of rotatable bonds is 7. The molecule has 0 aromatic heterocycles. The Morgan fingerprint density at radius 3 is 2.48 bits per heavy atom. The van der Waals surface area contributed by atoms with Gasteiger partial charge in [-0.3, -0.25) is 0 Å². The molecular weight excluding hydrogens is 261 g/mol. The first-order chi connectivity index (χ1) is 10.2. The van der Waals surface area contributed by atoms with Crippen molar-refractivity contribution in [1.29, 1.82) is 0 Å². The summed E-state index contributed by atoms with van der Waals surface area (Å²) < 4.78 is 13.2. The van der Waals surface area contributed by atoms with Crippen LogP contribution in [0.3, 0.4) is 0 Å². The first kappa shape index (κ1) is 15.7. The fraction of sp³-hybridized carbons (Fsp3) is 0.368. The van der Waals surface area contributed by atoms with Crippen LogP contribution in [0.25, 0.3) is 0 Å². The monoisotopic (exact) mass is 285 g/mol. The zero-order chi connectivity index (χ0) is 15.1. The van der Waals surface area contributed by atoms with Crippen LogP contribution in [0.1, 0.15) is 30.0 Å². The lowest BCUT2D eigenvalue weighted by molar-refractivity contribution is 0.503. The Kier molecular flexibility index (Phi) is 5.94. The van der Waals surface area contributed by atoms with Gasteiger partial charge in [-0.1, -0.05) is 43.3 Å². The van der Waals surface area contributed by atoms with Gasteiger partial charge in [0.05, 0.1) is 0 Å². The highest BCUT2D eigenvalue weighted by Crippen LogP contribution is 2.14. The van der Waals surface area contributed by atoms with Crippen LogP contribution in [-0.4, -0.2) is 12.6 Å². The van der Waals surface area contributed by atoms with Crippen molar-refractivity contribution in [2.75, 3.05) is 6.54 Å². The molecule has 0 bridgehead atoms. The van der Waals surface area contributed by atoms with Gasteiger partial charge in [-0.05, 0) is 61.6 Å². The molecule has 0 amide bonds. The van der Waals surface area contributed by atoms with Gasteiger partial charge in [0.15, 0.2) is 0 Å². The Hall–Kier alpha value is -1.67. The van der Waals surface area contributed by atoms with E-state index in [4.69, 9.17) is 0 Å². The van der Waals surface area contributed by atoms with E-state index in [1.807, 2.05) is 19.1 Å². The third kappa shape index (κ3) is 4.98. The maximum Gasteiger partial charge on any atom is 0.123 e. The van der Waals surface area contributed by atoms with Crippen LogP contribution in [0.15, 0.2) is 48.5 Å². The molecule has 2 aromatic carbocycles. The van der Waals surface area contributed by atoms with E-state index in [0.29, 0.717) is 6.04 Å². The van der Waals surface area contributed by atoms with Crippen molar-refractivity contribution >= 4 is 0 Å². The molecule has 0 heterocycles. The number of aryl methyl sites for hydroxylation is 1. The summed E-state index contributed by atoms with van der Waals surface area (Å²) in [4.78, 5) is 0. The van der Waals surface area contributed by atoms with Crippen LogP contribution in [0, 0.1) is 12.7 Å². The summed E-state index contributed by atoms with van der Waals surface area (Å²) in [7, 11) is 0. The van der Waals surface area contributed by atoms with E-state index in [2.05, 4.69) is 36.5 Å². The Morgan fingerprint density at radius 1 is 1.05 bits per heavy atom. The summed E-state index contributed by atoms with van der Waals surface area (Å²) in [6.45, 7) is 5.17. The van der Waals surface area contributed by atoms with E-state index in [1.54, 1.807) is 12.1 Å². The van der Waals surface area contributed by atoms with Crippen LogP contribution >= 0.6 is 0 Å². The quantitative estimate of drug-likeness (QED) is 0.800. The molecule has 0 saturated carbocycles. The first-order valence-electron chi connectivity index (χ1n) is 7.71. The van der Waals surface area contributed by atoms with Gasteiger partial charge >= 0.3 is 0 Å². The average Bonchev–Trinajstić information content (AvgIpc) is 2.48. The van der Waals surface area contributed by atoms with E-state index in [1.165, 1.54) is 11.1 Å². The normalized spacial score (nSPS) is 12.3. The zero-order valence-corrected chi connectivity index (χ0v) is 12.9. The zero-order valence-electron chi connectivity index (χ0n) is 12.9. The Balaban J connectivity index is 2.08. The molecule has 0 radical (unpaired) electrons. The minimum Gasteiger partial charge on any atom is -0.313 e. The summed E-state index contributed by atoms with van der Waals surface area (Å²) in [6.07, 6.45) is 3.05. The third-order valence-electron chi connectivity index (χ3n) is 3.78. The van der Waals surface area contributed by atoms with Crippen molar-refractivity contribution in [2.24, 2.45) is 0 Å². The second-order valence-corrected chi connectivity index (χ2v) is 5.62. The first-order valence-corrected chi connectivity index (χ1v) is 7.71. The molecule has 1 atom stereocenters. The second-order valence-electron chi connectivity index (χ2n) is 5.62. The summed E-state index contributed by atoms with van der Waals surface area (Å²) in [6, 6.07) is 16.0. The highest BCUT2D eigenvalue weighted by Gasteiger charge is 2.11. The maximum atomic E-state index is 13.2. The topological polar surface area (TPSA) is 12.0 Å². The Morgan fingerprint density at radius 2 is 1.81 bits per heavy atom. The molecule has 2 rings (SSSR count). The summed E-state index contributed by atoms with van der Waals surface area (Å²) in [5, 5.41) is 3.61. The van der Waals surface area contributed by atoms with Gasteiger partial charge in [-0.25, -0.2) is 4.39 Å². The molecule has 0 aliphatic heterocycles. The predicted octanol–water partition coefficient (Wildman–Crippen LogP) is 4.29. The molecule has 1 nitrogen and oxygen atoms in total. The average molecular weight is 285 g/mol.